The van der Waals surface area contributed by atoms with Crippen LogP contribution in [0.5, 0.6) is 11.5 Å². The summed E-state index contributed by atoms with van der Waals surface area (Å²) >= 11 is 0. The Balaban J connectivity index is 2.66. The molecule has 0 spiro atoms. The van der Waals surface area contributed by atoms with Gasteiger partial charge in [0.1, 0.15) is 18.1 Å². The summed E-state index contributed by atoms with van der Waals surface area (Å²) in [6.07, 6.45) is 3.94. The average molecular weight is 192 g/mol. The molecule has 1 rings (SSSR count). The molecule has 2 nitrogen and oxygen atoms in total. The van der Waals surface area contributed by atoms with Gasteiger partial charge in [-0.25, -0.2) is 0 Å². The zero-order chi connectivity index (χ0) is 10.4. The molecule has 1 aromatic rings. The lowest BCUT2D eigenvalue weighted by Crippen LogP contribution is -1.94. The van der Waals surface area contributed by atoms with Crippen LogP contribution in [0.3, 0.4) is 0 Å². The molecule has 0 bridgehead atoms. The molecule has 0 radical (unpaired) electrons. The van der Waals surface area contributed by atoms with Crippen LogP contribution in [0.25, 0.3) is 0 Å². The van der Waals surface area contributed by atoms with Gasteiger partial charge in [-0.2, -0.15) is 0 Å². The second-order valence-electron chi connectivity index (χ2n) is 3.01. The number of methoxy groups -OCH3 is 1. The Morgan fingerprint density at radius 1 is 1.36 bits per heavy atom. The lowest BCUT2D eigenvalue weighted by Gasteiger charge is -2.07. The fourth-order valence-corrected chi connectivity index (χ4v) is 1.18. The minimum Gasteiger partial charge on any atom is -0.496 e. The Labute approximate surface area is 85.2 Å². The number of allylic oxidation sites excluding steroid dienone is 1. The zero-order valence-electron chi connectivity index (χ0n) is 8.91. The molecule has 0 N–H and O–H groups in total. The van der Waals surface area contributed by atoms with Crippen molar-refractivity contribution in [1.82, 2.24) is 0 Å². The third-order valence-electron chi connectivity index (χ3n) is 1.95. The highest BCUT2D eigenvalue weighted by atomic mass is 16.5. The summed E-state index contributed by atoms with van der Waals surface area (Å²) < 4.78 is 10.6. The largest absolute Gasteiger partial charge is 0.496 e. The van der Waals surface area contributed by atoms with Gasteiger partial charge in [-0.3, -0.25) is 0 Å². The first-order chi connectivity index (χ1) is 6.77. The van der Waals surface area contributed by atoms with Crippen molar-refractivity contribution in [3.05, 3.63) is 35.9 Å². The molecule has 0 aliphatic rings. The molecule has 76 valence electrons. The van der Waals surface area contributed by atoms with Crippen molar-refractivity contribution in [2.45, 2.75) is 13.8 Å². The van der Waals surface area contributed by atoms with E-state index in [0.29, 0.717) is 6.61 Å². The normalized spacial score (nSPS) is 10.5. The predicted molar refractivity (Wildman–Crippen MR) is 58.0 cm³/mol. The van der Waals surface area contributed by atoms with E-state index in [-0.39, 0.29) is 0 Å². The van der Waals surface area contributed by atoms with Gasteiger partial charge in [-0.15, -0.1) is 0 Å². The maximum Gasteiger partial charge on any atom is 0.122 e. The first-order valence-electron chi connectivity index (χ1n) is 4.66. The fraction of sp³-hybridized carbons (Fsp3) is 0.333. The molecule has 0 fully saturated rings. The van der Waals surface area contributed by atoms with E-state index in [9.17, 15) is 0 Å². The maximum absolute atomic E-state index is 5.48. The lowest BCUT2D eigenvalue weighted by molar-refractivity contribution is 0.360. The number of ether oxygens (including phenoxy) is 2. The van der Waals surface area contributed by atoms with Crippen LogP contribution in [0.2, 0.25) is 0 Å². The number of rotatable bonds is 4. The van der Waals surface area contributed by atoms with Gasteiger partial charge in [0.15, 0.2) is 0 Å². The monoisotopic (exact) mass is 192 g/mol. The average Bonchev–Trinajstić information content (AvgIpc) is 2.18. The summed E-state index contributed by atoms with van der Waals surface area (Å²) in [5.74, 6) is 1.77. The van der Waals surface area contributed by atoms with Gasteiger partial charge >= 0.3 is 0 Å². The highest BCUT2D eigenvalue weighted by Crippen LogP contribution is 2.22. The molecular formula is C12H16O2. The standard InChI is InChI=1S/C12H16O2/c1-4-5-8-14-11-6-7-12(13-3)10(2)9-11/h4-7,9H,8H2,1-3H3/b5-4+. The first-order valence-corrected chi connectivity index (χ1v) is 4.66. The van der Waals surface area contributed by atoms with E-state index in [4.69, 9.17) is 9.47 Å². The summed E-state index contributed by atoms with van der Waals surface area (Å²) in [5, 5.41) is 0. The third-order valence-corrected chi connectivity index (χ3v) is 1.95. The van der Waals surface area contributed by atoms with E-state index in [1.54, 1.807) is 7.11 Å². The predicted octanol–water partition coefficient (Wildman–Crippen LogP) is 2.96. The highest BCUT2D eigenvalue weighted by molar-refractivity contribution is 5.39. The van der Waals surface area contributed by atoms with Crippen LogP contribution in [0.4, 0.5) is 0 Å². The molecule has 2 heteroatoms. The van der Waals surface area contributed by atoms with Gasteiger partial charge in [-0.05, 0) is 37.6 Å². The van der Waals surface area contributed by atoms with Crippen LogP contribution in [-0.4, -0.2) is 13.7 Å². The molecule has 0 amide bonds. The Kier molecular flexibility index (Phi) is 4.05. The van der Waals surface area contributed by atoms with Gasteiger partial charge in [0, 0.05) is 0 Å². The number of hydrogen-bond donors (Lipinski definition) is 0. The van der Waals surface area contributed by atoms with Crippen LogP contribution < -0.4 is 9.47 Å². The van der Waals surface area contributed by atoms with Gasteiger partial charge in [0.2, 0.25) is 0 Å². The third kappa shape index (κ3) is 2.80. The molecule has 0 saturated heterocycles. The maximum atomic E-state index is 5.48. The van der Waals surface area contributed by atoms with E-state index in [1.807, 2.05) is 44.2 Å². The minimum atomic E-state index is 0.613. The summed E-state index contributed by atoms with van der Waals surface area (Å²) in [6, 6.07) is 5.80. The number of hydrogen-bond acceptors (Lipinski definition) is 2. The molecule has 14 heavy (non-hydrogen) atoms. The number of benzene rings is 1. The van der Waals surface area contributed by atoms with Crippen LogP contribution in [-0.2, 0) is 0 Å². The van der Waals surface area contributed by atoms with Crippen molar-refractivity contribution in [2.75, 3.05) is 13.7 Å². The molecule has 0 aliphatic carbocycles. The van der Waals surface area contributed by atoms with Crippen LogP contribution in [0, 0.1) is 6.92 Å². The molecular weight excluding hydrogens is 176 g/mol. The fourth-order valence-electron chi connectivity index (χ4n) is 1.18. The zero-order valence-corrected chi connectivity index (χ0v) is 8.91. The van der Waals surface area contributed by atoms with Crippen molar-refractivity contribution >= 4 is 0 Å². The minimum absolute atomic E-state index is 0.613. The van der Waals surface area contributed by atoms with Crippen molar-refractivity contribution in [2.24, 2.45) is 0 Å². The Bertz CT molecular complexity index is 316. The Hall–Kier alpha value is -1.44. The quantitative estimate of drug-likeness (QED) is 0.683. The number of aryl methyl sites for hydroxylation is 1. The molecule has 1 aromatic carbocycles. The summed E-state index contributed by atoms with van der Waals surface area (Å²) in [5.41, 5.74) is 1.09. The molecule has 0 unspecified atom stereocenters. The highest BCUT2D eigenvalue weighted by Gasteiger charge is 1.99. The lowest BCUT2D eigenvalue weighted by atomic mass is 10.2. The molecule has 0 saturated carbocycles. The molecule has 0 aliphatic heterocycles. The van der Waals surface area contributed by atoms with Crippen LogP contribution in [0.1, 0.15) is 12.5 Å². The Morgan fingerprint density at radius 2 is 2.14 bits per heavy atom. The summed E-state index contributed by atoms with van der Waals surface area (Å²) in [4.78, 5) is 0. The van der Waals surface area contributed by atoms with E-state index < -0.39 is 0 Å². The Morgan fingerprint density at radius 3 is 2.71 bits per heavy atom. The van der Waals surface area contributed by atoms with Gasteiger partial charge in [0.25, 0.3) is 0 Å². The molecule has 0 heterocycles. The second-order valence-corrected chi connectivity index (χ2v) is 3.01. The van der Waals surface area contributed by atoms with E-state index in [2.05, 4.69) is 0 Å². The second kappa shape index (κ2) is 5.32. The molecule has 0 aromatic heterocycles. The van der Waals surface area contributed by atoms with E-state index >= 15 is 0 Å². The SMILES string of the molecule is C/C=C/COc1ccc(OC)c(C)c1. The van der Waals surface area contributed by atoms with Crippen LogP contribution in [0.15, 0.2) is 30.4 Å². The smallest absolute Gasteiger partial charge is 0.122 e. The topological polar surface area (TPSA) is 18.5 Å². The van der Waals surface area contributed by atoms with E-state index in [1.165, 1.54) is 0 Å². The summed E-state index contributed by atoms with van der Waals surface area (Å²) in [6.45, 7) is 4.59. The molecule has 0 atom stereocenters. The van der Waals surface area contributed by atoms with Crippen molar-refractivity contribution in [3.8, 4) is 11.5 Å². The van der Waals surface area contributed by atoms with Gasteiger partial charge in [-0.1, -0.05) is 12.2 Å². The van der Waals surface area contributed by atoms with Gasteiger partial charge in [0.05, 0.1) is 7.11 Å². The summed E-state index contributed by atoms with van der Waals surface area (Å²) in [7, 11) is 1.67. The van der Waals surface area contributed by atoms with Crippen molar-refractivity contribution in [1.29, 1.82) is 0 Å². The van der Waals surface area contributed by atoms with Gasteiger partial charge < -0.3 is 9.47 Å². The van der Waals surface area contributed by atoms with Crippen molar-refractivity contribution < 1.29 is 9.47 Å². The van der Waals surface area contributed by atoms with Crippen LogP contribution >= 0.6 is 0 Å². The van der Waals surface area contributed by atoms with Crippen molar-refractivity contribution in [3.63, 3.8) is 0 Å². The first kappa shape index (κ1) is 10.6. The van der Waals surface area contributed by atoms with E-state index in [0.717, 1.165) is 17.1 Å².